The summed E-state index contributed by atoms with van der Waals surface area (Å²) >= 11 is 5.20. The van der Waals surface area contributed by atoms with Crippen LogP contribution in [0.4, 0.5) is 0 Å². The fourth-order valence-electron chi connectivity index (χ4n) is 2.42. The summed E-state index contributed by atoms with van der Waals surface area (Å²) in [5.41, 5.74) is 1.12. The lowest BCUT2D eigenvalue weighted by Crippen LogP contribution is -2.15. The zero-order valence-corrected chi connectivity index (χ0v) is 15.3. The summed E-state index contributed by atoms with van der Waals surface area (Å²) in [7, 11) is 1.93. The highest BCUT2D eigenvalue weighted by molar-refractivity contribution is 9.10. The summed E-state index contributed by atoms with van der Waals surface area (Å²) < 4.78 is 19.5. The van der Waals surface area contributed by atoms with E-state index in [0.717, 1.165) is 32.4 Å². The molecule has 0 atom stereocenters. The molecule has 3 aromatic rings. The van der Waals surface area contributed by atoms with Crippen LogP contribution in [0, 0.1) is 0 Å². The first-order valence-electron chi connectivity index (χ1n) is 7.36. The number of fused-ring (bicyclic) bond motifs is 1. The Hall–Kier alpha value is -1.93. The van der Waals surface area contributed by atoms with Crippen LogP contribution in [0.2, 0.25) is 0 Å². The molecule has 0 radical (unpaired) electrons. The highest BCUT2D eigenvalue weighted by Gasteiger charge is 2.17. The second kappa shape index (κ2) is 6.52. The molecule has 1 aliphatic heterocycles. The van der Waals surface area contributed by atoms with Crippen molar-refractivity contribution >= 4 is 27.7 Å². The minimum atomic E-state index is 0.580. The third kappa shape index (κ3) is 2.91. The SMILES string of the molecule is Cn1c(SCc2cc3c(cc2Br)OCCO3)nnc1-c1ccco1. The van der Waals surface area contributed by atoms with Crippen LogP contribution in [0.15, 0.2) is 44.6 Å². The van der Waals surface area contributed by atoms with Crippen molar-refractivity contribution in [2.45, 2.75) is 10.9 Å². The number of ether oxygens (including phenoxy) is 2. The van der Waals surface area contributed by atoms with Crippen LogP contribution in [0.3, 0.4) is 0 Å². The summed E-state index contributed by atoms with van der Waals surface area (Å²) in [6, 6.07) is 7.67. The van der Waals surface area contributed by atoms with E-state index in [2.05, 4.69) is 26.1 Å². The van der Waals surface area contributed by atoms with Gasteiger partial charge in [-0.25, -0.2) is 0 Å². The predicted molar refractivity (Wildman–Crippen MR) is 93.4 cm³/mol. The third-order valence-electron chi connectivity index (χ3n) is 3.64. The zero-order chi connectivity index (χ0) is 16.5. The molecule has 6 nitrogen and oxygen atoms in total. The average Bonchev–Trinajstić information content (AvgIpc) is 3.23. The highest BCUT2D eigenvalue weighted by atomic mass is 79.9. The van der Waals surface area contributed by atoms with Crippen LogP contribution in [-0.4, -0.2) is 28.0 Å². The number of thioether (sulfide) groups is 1. The van der Waals surface area contributed by atoms with Crippen LogP contribution in [0.1, 0.15) is 5.56 Å². The van der Waals surface area contributed by atoms with Gasteiger partial charge >= 0.3 is 0 Å². The molecule has 0 fully saturated rings. The third-order valence-corrected chi connectivity index (χ3v) is 5.45. The molecular formula is C16H14BrN3O3S. The van der Waals surface area contributed by atoms with Gasteiger partial charge in [-0.1, -0.05) is 27.7 Å². The molecule has 0 saturated heterocycles. The van der Waals surface area contributed by atoms with Crippen molar-refractivity contribution in [3.05, 3.63) is 40.6 Å². The summed E-state index contributed by atoms with van der Waals surface area (Å²) in [6.45, 7) is 1.17. The number of rotatable bonds is 4. The monoisotopic (exact) mass is 407 g/mol. The van der Waals surface area contributed by atoms with Crippen LogP contribution >= 0.6 is 27.7 Å². The van der Waals surface area contributed by atoms with Crippen molar-refractivity contribution < 1.29 is 13.9 Å². The number of hydrogen-bond acceptors (Lipinski definition) is 6. The van der Waals surface area contributed by atoms with Crippen molar-refractivity contribution in [1.82, 2.24) is 14.8 Å². The molecule has 0 spiro atoms. The van der Waals surface area contributed by atoms with Gasteiger partial charge in [-0.05, 0) is 29.8 Å². The molecule has 124 valence electrons. The van der Waals surface area contributed by atoms with Crippen LogP contribution < -0.4 is 9.47 Å². The van der Waals surface area contributed by atoms with E-state index in [4.69, 9.17) is 13.9 Å². The van der Waals surface area contributed by atoms with E-state index < -0.39 is 0 Å². The van der Waals surface area contributed by atoms with Gasteiger partial charge in [0.05, 0.1) is 6.26 Å². The normalized spacial score (nSPS) is 13.2. The maximum atomic E-state index is 5.65. The first kappa shape index (κ1) is 15.6. The Labute approximate surface area is 151 Å². The Kier molecular flexibility index (Phi) is 4.24. The number of furan rings is 1. The summed E-state index contributed by atoms with van der Waals surface area (Å²) in [5, 5.41) is 9.28. The number of hydrogen-bond donors (Lipinski definition) is 0. The fourth-order valence-corrected chi connectivity index (χ4v) is 3.97. The topological polar surface area (TPSA) is 62.3 Å². The van der Waals surface area contributed by atoms with Gasteiger partial charge in [-0.3, -0.25) is 0 Å². The minimum Gasteiger partial charge on any atom is -0.486 e. The van der Waals surface area contributed by atoms with Gasteiger partial charge in [0.15, 0.2) is 28.2 Å². The molecular weight excluding hydrogens is 394 g/mol. The lowest BCUT2D eigenvalue weighted by molar-refractivity contribution is 0.171. The Balaban J connectivity index is 1.53. The van der Waals surface area contributed by atoms with Crippen molar-refractivity contribution in [2.24, 2.45) is 7.05 Å². The molecule has 0 amide bonds. The molecule has 0 bridgehead atoms. The maximum absolute atomic E-state index is 5.65. The molecule has 0 saturated carbocycles. The Morgan fingerprint density at radius 3 is 2.75 bits per heavy atom. The molecule has 4 rings (SSSR count). The van der Waals surface area contributed by atoms with Gasteiger partial charge in [0.2, 0.25) is 0 Å². The smallest absolute Gasteiger partial charge is 0.200 e. The number of aromatic nitrogens is 3. The molecule has 8 heteroatoms. The summed E-state index contributed by atoms with van der Waals surface area (Å²) in [6.07, 6.45) is 1.63. The minimum absolute atomic E-state index is 0.580. The molecule has 1 aliphatic rings. The number of benzene rings is 1. The van der Waals surface area contributed by atoms with Crippen molar-refractivity contribution in [3.8, 4) is 23.1 Å². The van der Waals surface area contributed by atoms with Crippen molar-refractivity contribution in [3.63, 3.8) is 0 Å². The van der Waals surface area contributed by atoms with Gasteiger partial charge in [0.25, 0.3) is 0 Å². The Bertz CT molecular complexity index is 864. The van der Waals surface area contributed by atoms with E-state index in [1.54, 1.807) is 18.0 Å². The van der Waals surface area contributed by atoms with E-state index >= 15 is 0 Å². The second-order valence-corrected chi connectivity index (χ2v) is 7.02. The van der Waals surface area contributed by atoms with Crippen molar-refractivity contribution in [1.29, 1.82) is 0 Å². The first-order valence-corrected chi connectivity index (χ1v) is 9.14. The fraction of sp³-hybridized carbons (Fsp3) is 0.250. The zero-order valence-electron chi connectivity index (χ0n) is 12.9. The maximum Gasteiger partial charge on any atom is 0.200 e. The molecule has 24 heavy (non-hydrogen) atoms. The Morgan fingerprint density at radius 2 is 2.00 bits per heavy atom. The molecule has 1 aromatic carbocycles. The lowest BCUT2D eigenvalue weighted by Gasteiger charge is -2.19. The highest BCUT2D eigenvalue weighted by Crippen LogP contribution is 2.37. The Morgan fingerprint density at radius 1 is 1.21 bits per heavy atom. The van der Waals surface area contributed by atoms with Gasteiger partial charge in [0, 0.05) is 17.3 Å². The van der Waals surface area contributed by atoms with Gasteiger partial charge in [-0.15, -0.1) is 10.2 Å². The van der Waals surface area contributed by atoms with Crippen LogP contribution in [0.5, 0.6) is 11.5 Å². The molecule has 0 N–H and O–H groups in total. The molecule has 0 aliphatic carbocycles. The lowest BCUT2D eigenvalue weighted by atomic mass is 10.2. The molecule has 0 unspecified atom stereocenters. The van der Waals surface area contributed by atoms with E-state index in [0.29, 0.717) is 24.8 Å². The van der Waals surface area contributed by atoms with Gasteiger partial charge < -0.3 is 18.5 Å². The first-order chi connectivity index (χ1) is 11.7. The quantitative estimate of drug-likeness (QED) is 0.611. The van der Waals surface area contributed by atoms with Crippen molar-refractivity contribution in [2.75, 3.05) is 13.2 Å². The largest absolute Gasteiger partial charge is 0.486 e. The predicted octanol–water partition coefficient (Wildman–Crippen LogP) is 3.90. The van der Waals surface area contributed by atoms with Crippen LogP contribution in [0.25, 0.3) is 11.6 Å². The van der Waals surface area contributed by atoms with Gasteiger partial charge in [-0.2, -0.15) is 0 Å². The van der Waals surface area contributed by atoms with E-state index in [-0.39, 0.29) is 0 Å². The molecule has 3 heterocycles. The molecule has 2 aromatic heterocycles. The van der Waals surface area contributed by atoms with E-state index in [1.165, 1.54) is 0 Å². The summed E-state index contributed by atoms with van der Waals surface area (Å²) in [5.74, 6) is 3.72. The second-order valence-electron chi connectivity index (χ2n) is 5.22. The number of halogens is 1. The van der Waals surface area contributed by atoms with Crippen LogP contribution in [-0.2, 0) is 12.8 Å². The average molecular weight is 408 g/mol. The van der Waals surface area contributed by atoms with Gasteiger partial charge in [0.1, 0.15) is 13.2 Å². The number of nitrogens with zero attached hydrogens (tertiary/aromatic N) is 3. The van der Waals surface area contributed by atoms with E-state index in [9.17, 15) is 0 Å². The standard InChI is InChI=1S/C16H14BrN3O3S/c1-20-15(12-3-2-4-21-12)18-19-16(20)24-9-10-7-13-14(8-11(10)17)23-6-5-22-13/h2-4,7-8H,5-6,9H2,1H3. The van der Waals surface area contributed by atoms with E-state index in [1.807, 2.05) is 35.9 Å². The summed E-state index contributed by atoms with van der Waals surface area (Å²) in [4.78, 5) is 0.